The van der Waals surface area contributed by atoms with Gasteiger partial charge in [-0.25, -0.2) is 0 Å². The van der Waals surface area contributed by atoms with E-state index >= 15 is 0 Å². The van der Waals surface area contributed by atoms with Crippen LogP contribution in [0.1, 0.15) is 23.3 Å². The van der Waals surface area contributed by atoms with Crippen LogP contribution in [0.4, 0.5) is 0 Å². The SMILES string of the molecule is CN(C)C(=O)C1CCCN1C(=O)c1cn[nH]n1. The maximum Gasteiger partial charge on any atom is 0.276 e. The number of hydrogen-bond donors (Lipinski definition) is 1. The van der Waals surface area contributed by atoms with Crippen molar-refractivity contribution in [2.75, 3.05) is 20.6 Å². The fraction of sp³-hybridized carbons (Fsp3) is 0.600. The Bertz CT molecular complexity index is 414. The van der Waals surface area contributed by atoms with Gasteiger partial charge in [-0.05, 0) is 12.8 Å². The van der Waals surface area contributed by atoms with Gasteiger partial charge in [0.15, 0.2) is 5.69 Å². The van der Waals surface area contributed by atoms with Crippen LogP contribution in [-0.4, -0.2) is 63.7 Å². The molecule has 17 heavy (non-hydrogen) atoms. The van der Waals surface area contributed by atoms with Crippen molar-refractivity contribution in [3.63, 3.8) is 0 Å². The van der Waals surface area contributed by atoms with Crippen LogP contribution in [0.2, 0.25) is 0 Å². The molecule has 7 heteroatoms. The molecule has 0 aliphatic carbocycles. The molecule has 1 fully saturated rings. The molecule has 0 saturated carbocycles. The van der Waals surface area contributed by atoms with Gasteiger partial charge in [0.05, 0.1) is 6.20 Å². The zero-order valence-corrected chi connectivity index (χ0v) is 9.88. The number of carbonyl (C=O) groups is 2. The highest BCUT2D eigenvalue weighted by Crippen LogP contribution is 2.20. The summed E-state index contributed by atoms with van der Waals surface area (Å²) in [6.07, 6.45) is 2.92. The number of aromatic nitrogens is 3. The molecule has 0 bridgehead atoms. The molecule has 92 valence electrons. The van der Waals surface area contributed by atoms with E-state index in [0.29, 0.717) is 13.0 Å². The van der Waals surface area contributed by atoms with E-state index in [1.807, 2.05) is 0 Å². The number of hydrogen-bond acceptors (Lipinski definition) is 4. The number of rotatable bonds is 2. The first kappa shape index (κ1) is 11.6. The van der Waals surface area contributed by atoms with E-state index in [1.165, 1.54) is 11.1 Å². The van der Waals surface area contributed by atoms with Crippen molar-refractivity contribution < 1.29 is 9.59 Å². The number of amides is 2. The highest BCUT2D eigenvalue weighted by Gasteiger charge is 2.36. The van der Waals surface area contributed by atoms with Gasteiger partial charge >= 0.3 is 0 Å². The summed E-state index contributed by atoms with van der Waals surface area (Å²) >= 11 is 0. The highest BCUT2D eigenvalue weighted by molar-refractivity contribution is 5.96. The maximum absolute atomic E-state index is 12.1. The summed E-state index contributed by atoms with van der Waals surface area (Å²) in [6, 6.07) is -0.366. The molecule has 2 rings (SSSR count). The normalized spacial score (nSPS) is 19.4. The Morgan fingerprint density at radius 3 is 2.88 bits per heavy atom. The van der Waals surface area contributed by atoms with Gasteiger partial charge in [0.1, 0.15) is 6.04 Å². The van der Waals surface area contributed by atoms with E-state index in [2.05, 4.69) is 15.4 Å². The first-order valence-corrected chi connectivity index (χ1v) is 5.49. The van der Waals surface area contributed by atoms with Crippen LogP contribution < -0.4 is 0 Å². The molecular weight excluding hydrogens is 222 g/mol. The third-order valence-corrected chi connectivity index (χ3v) is 2.87. The van der Waals surface area contributed by atoms with E-state index < -0.39 is 0 Å². The molecule has 2 heterocycles. The molecule has 1 atom stereocenters. The molecule has 0 spiro atoms. The number of aromatic amines is 1. The zero-order chi connectivity index (χ0) is 12.4. The number of likely N-dealkylation sites (N-methyl/N-ethyl adjacent to an activating group) is 1. The lowest BCUT2D eigenvalue weighted by Crippen LogP contribution is -2.45. The van der Waals surface area contributed by atoms with Crippen molar-refractivity contribution in [3.8, 4) is 0 Å². The lowest BCUT2D eigenvalue weighted by atomic mass is 10.2. The predicted molar refractivity (Wildman–Crippen MR) is 59.1 cm³/mol. The van der Waals surface area contributed by atoms with Gasteiger partial charge in [0, 0.05) is 20.6 Å². The maximum atomic E-state index is 12.1. The average molecular weight is 237 g/mol. The standard InChI is InChI=1S/C10H15N5O2/c1-14(2)10(17)8-4-3-5-15(8)9(16)7-6-11-13-12-7/h6,8H,3-5H2,1-2H3,(H,11,12,13). The van der Waals surface area contributed by atoms with Gasteiger partial charge in [-0.15, -0.1) is 0 Å². The first-order chi connectivity index (χ1) is 8.11. The number of nitrogens with one attached hydrogen (secondary N) is 1. The molecule has 2 amide bonds. The molecule has 1 unspecified atom stereocenters. The Balaban J connectivity index is 2.15. The van der Waals surface area contributed by atoms with Gasteiger partial charge in [0.25, 0.3) is 5.91 Å². The quantitative estimate of drug-likeness (QED) is 0.751. The van der Waals surface area contributed by atoms with Crippen LogP contribution >= 0.6 is 0 Å². The van der Waals surface area contributed by atoms with E-state index in [4.69, 9.17) is 0 Å². The van der Waals surface area contributed by atoms with Crippen molar-refractivity contribution in [2.45, 2.75) is 18.9 Å². The number of H-pyrrole nitrogens is 1. The summed E-state index contributed by atoms with van der Waals surface area (Å²) < 4.78 is 0. The lowest BCUT2D eigenvalue weighted by Gasteiger charge is -2.25. The molecule has 1 N–H and O–H groups in total. The van der Waals surface area contributed by atoms with Crippen molar-refractivity contribution in [3.05, 3.63) is 11.9 Å². The summed E-state index contributed by atoms with van der Waals surface area (Å²) in [4.78, 5) is 27.1. The van der Waals surface area contributed by atoms with Crippen molar-refractivity contribution in [2.24, 2.45) is 0 Å². The second kappa shape index (κ2) is 4.52. The molecule has 1 saturated heterocycles. The molecule has 1 aliphatic heterocycles. The minimum atomic E-state index is -0.366. The van der Waals surface area contributed by atoms with E-state index in [0.717, 1.165) is 6.42 Å². The summed E-state index contributed by atoms with van der Waals surface area (Å²) in [5, 5.41) is 9.75. The minimum Gasteiger partial charge on any atom is -0.347 e. The van der Waals surface area contributed by atoms with Gasteiger partial charge in [-0.2, -0.15) is 15.4 Å². The molecule has 7 nitrogen and oxygen atoms in total. The van der Waals surface area contributed by atoms with Crippen molar-refractivity contribution >= 4 is 11.8 Å². The number of likely N-dealkylation sites (tertiary alicyclic amines) is 1. The summed E-state index contributed by atoms with van der Waals surface area (Å²) in [7, 11) is 3.39. The van der Waals surface area contributed by atoms with E-state index in [-0.39, 0.29) is 23.6 Å². The summed E-state index contributed by atoms with van der Waals surface area (Å²) in [6.45, 7) is 0.593. The molecule has 0 radical (unpaired) electrons. The highest BCUT2D eigenvalue weighted by atomic mass is 16.2. The number of nitrogens with zero attached hydrogens (tertiary/aromatic N) is 4. The van der Waals surface area contributed by atoms with Gasteiger partial charge in [-0.3, -0.25) is 9.59 Å². The molecule has 0 aromatic carbocycles. The van der Waals surface area contributed by atoms with E-state index in [1.54, 1.807) is 19.0 Å². The van der Waals surface area contributed by atoms with Crippen molar-refractivity contribution in [1.29, 1.82) is 0 Å². The van der Waals surface area contributed by atoms with Crippen LogP contribution in [0.3, 0.4) is 0 Å². The molecule has 1 aliphatic rings. The Kier molecular flexibility index (Phi) is 3.08. The third kappa shape index (κ3) is 2.13. The smallest absolute Gasteiger partial charge is 0.276 e. The monoisotopic (exact) mass is 237 g/mol. The second-order valence-electron chi connectivity index (χ2n) is 4.24. The second-order valence-corrected chi connectivity index (χ2v) is 4.24. The summed E-state index contributed by atoms with van der Waals surface area (Å²) in [5.74, 6) is -0.282. The molecular formula is C10H15N5O2. The Labute approximate surface area is 98.8 Å². The summed E-state index contributed by atoms with van der Waals surface area (Å²) in [5.41, 5.74) is 0.253. The topological polar surface area (TPSA) is 82.2 Å². The average Bonchev–Trinajstić information content (AvgIpc) is 2.97. The largest absolute Gasteiger partial charge is 0.347 e. The van der Waals surface area contributed by atoms with E-state index in [9.17, 15) is 9.59 Å². The Hall–Kier alpha value is -1.92. The fourth-order valence-electron chi connectivity index (χ4n) is 2.02. The van der Waals surface area contributed by atoms with Crippen molar-refractivity contribution in [1.82, 2.24) is 25.2 Å². The first-order valence-electron chi connectivity index (χ1n) is 5.49. The Morgan fingerprint density at radius 1 is 1.53 bits per heavy atom. The van der Waals surface area contributed by atoms with Gasteiger partial charge < -0.3 is 9.80 Å². The fourth-order valence-corrected chi connectivity index (χ4v) is 2.02. The van der Waals surface area contributed by atoms with Crippen LogP contribution in [0.15, 0.2) is 6.20 Å². The minimum absolute atomic E-state index is 0.0423. The van der Waals surface area contributed by atoms with Crippen LogP contribution in [0, 0.1) is 0 Å². The molecule has 1 aromatic rings. The van der Waals surface area contributed by atoms with Gasteiger partial charge in [0.2, 0.25) is 5.91 Å². The van der Waals surface area contributed by atoms with Crippen LogP contribution in [0.5, 0.6) is 0 Å². The zero-order valence-electron chi connectivity index (χ0n) is 9.88. The third-order valence-electron chi connectivity index (χ3n) is 2.87. The lowest BCUT2D eigenvalue weighted by molar-refractivity contribution is -0.132. The Morgan fingerprint density at radius 2 is 2.29 bits per heavy atom. The van der Waals surface area contributed by atoms with Crippen LogP contribution in [-0.2, 0) is 4.79 Å². The molecule has 1 aromatic heterocycles. The predicted octanol–water partition coefficient (Wildman–Crippen LogP) is -0.503. The van der Waals surface area contributed by atoms with Crippen LogP contribution in [0.25, 0.3) is 0 Å². The number of carbonyl (C=O) groups excluding carboxylic acids is 2. The van der Waals surface area contributed by atoms with Gasteiger partial charge in [-0.1, -0.05) is 0 Å².